The van der Waals surface area contributed by atoms with Crippen molar-refractivity contribution in [2.24, 2.45) is 11.5 Å². The molecule has 0 aliphatic rings. The van der Waals surface area contributed by atoms with E-state index in [2.05, 4.69) is 4.74 Å². The first-order chi connectivity index (χ1) is 4.59. The second-order valence-corrected chi connectivity index (χ2v) is 1.63. The smallest absolute Gasteiger partial charge is 0.332 e. The van der Waals surface area contributed by atoms with Crippen LogP contribution >= 0.6 is 0 Å². The zero-order chi connectivity index (χ0) is 8.15. The van der Waals surface area contributed by atoms with Gasteiger partial charge in [-0.2, -0.15) is 0 Å². The minimum absolute atomic E-state index is 0.194. The lowest BCUT2D eigenvalue weighted by atomic mass is 10.3. The standard InChI is InChI=1S/C5H10N2O3/c1-2-10-5(9)3(6)4(7)8/h3H,2,6H2,1H3,(H2,7,8). The van der Waals surface area contributed by atoms with E-state index >= 15 is 0 Å². The number of primary amides is 1. The fraction of sp³-hybridized carbons (Fsp3) is 0.600. The molecule has 0 radical (unpaired) electrons. The molecule has 0 aromatic heterocycles. The molecule has 10 heavy (non-hydrogen) atoms. The van der Waals surface area contributed by atoms with Gasteiger partial charge in [-0.05, 0) is 6.92 Å². The highest BCUT2D eigenvalue weighted by Gasteiger charge is 2.19. The minimum Gasteiger partial charge on any atom is -0.464 e. The number of carbonyl (C=O) groups excluding carboxylic acids is 2. The van der Waals surface area contributed by atoms with E-state index in [-0.39, 0.29) is 6.61 Å². The lowest BCUT2D eigenvalue weighted by Gasteiger charge is -2.04. The fourth-order valence-electron chi connectivity index (χ4n) is 0.348. The molecule has 0 heterocycles. The third-order valence-electron chi connectivity index (χ3n) is 0.847. The Kier molecular flexibility index (Phi) is 3.42. The number of amides is 1. The molecule has 0 aliphatic heterocycles. The average molecular weight is 146 g/mol. The maximum absolute atomic E-state index is 10.5. The quantitative estimate of drug-likeness (QED) is 0.369. The van der Waals surface area contributed by atoms with E-state index in [0.717, 1.165) is 0 Å². The van der Waals surface area contributed by atoms with Crippen LogP contribution in [0, 0.1) is 0 Å². The topological polar surface area (TPSA) is 95.4 Å². The molecule has 0 rings (SSSR count). The zero-order valence-corrected chi connectivity index (χ0v) is 5.66. The number of carbonyl (C=O) groups is 2. The molecule has 58 valence electrons. The Balaban J connectivity index is 3.82. The van der Waals surface area contributed by atoms with Crippen LogP contribution in [0.1, 0.15) is 6.92 Å². The van der Waals surface area contributed by atoms with Crippen LogP contribution in [0.15, 0.2) is 0 Å². The molecule has 0 spiro atoms. The second kappa shape index (κ2) is 3.84. The number of rotatable bonds is 3. The highest BCUT2D eigenvalue weighted by molar-refractivity contribution is 6.00. The summed E-state index contributed by atoms with van der Waals surface area (Å²) in [6.45, 7) is 1.81. The van der Waals surface area contributed by atoms with Crippen molar-refractivity contribution in [3.63, 3.8) is 0 Å². The van der Waals surface area contributed by atoms with E-state index < -0.39 is 17.9 Å². The van der Waals surface area contributed by atoms with Gasteiger partial charge in [0.15, 0.2) is 6.04 Å². The number of esters is 1. The molecule has 0 aliphatic carbocycles. The Morgan fingerprint density at radius 2 is 2.10 bits per heavy atom. The van der Waals surface area contributed by atoms with Crippen molar-refractivity contribution in [3.05, 3.63) is 0 Å². The summed E-state index contributed by atoms with van der Waals surface area (Å²) in [4.78, 5) is 20.7. The van der Waals surface area contributed by atoms with Crippen molar-refractivity contribution in [1.29, 1.82) is 0 Å². The summed E-state index contributed by atoms with van der Waals surface area (Å²) < 4.78 is 4.40. The van der Waals surface area contributed by atoms with Crippen LogP contribution in [0.25, 0.3) is 0 Å². The van der Waals surface area contributed by atoms with E-state index in [1.807, 2.05) is 0 Å². The largest absolute Gasteiger partial charge is 0.464 e. The van der Waals surface area contributed by atoms with Crippen molar-refractivity contribution in [2.75, 3.05) is 6.61 Å². The number of ether oxygens (including phenoxy) is 1. The van der Waals surface area contributed by atoms with Crippen molar-refractivity contribution in [3.8, 4) is 0 Å². The summed E-state index contributed by atoms with van der Waals surface area (Å²) in [7, 11) is 0. The molecule has 1 atom stereocenters. The number of nitrogens with two attached hydrogens (primary N) is 2. The van der Waals surface area contributed by atoms with Gasteiger partial charge in [-0.3, -0.25) is 4.79 Å². The fourth-order valence-corrected chi connectivity index (χ4v) is 0.348. The van der Waals surface area contributed by atoms with Crippen molar-refractivity contribution in [1.82, 2.24) is 0 Å². The second-order valence-electron chi connectivity index (χ2n) is 1.63. The zero-order valence-electron chi connectivity index (χ0n) is 5.66. The van der Waals surface area contributed by atoms with Crippen LogP contribution in [0.2, 0.25) is 0 Å². The van der Waals surface area contributed by atoms with Crippen molar-refractivity contribution in [2.45, 2.75) is 13.0 Å². The van der Waals surface area contributed by atoms with Crippen LogP contribution in [-0.4, -0.2) is 24.5 Å². The first-order valence-corrected chi connectivity index (χ1v) is 2.81. The summed E-state index contributed by atoms with van der Waals surface area (Å²) in [6, 6.07) is -1.33. The van der Waals surface area contributed by atoms with E-state index in [0.29, 0.717) is 0 Å². The normalized spacial score (nSPS) is 12.2. The van der Waals surface area contributed by atoms with Crippen LogP contribution in [-0.2, 0) is 14.3 Å². The van der Waals surface area contributed by atoms with Crippen LogP contribution in [0.4, 0.5) is 0 Å². The van der Waals surface area contributed by atoms with Crippen molar-refractivity contribution < 1.29 is 14.3 Å². The highest BCUT2D eigenvalue weighted by Crippen LogP contribution is 1.82. The maximum Gasteiger partial charge on any atom is 0.332 e. The van der Waals surface area contributed by atoms with E-state index in [4.69, 9.17) is 11.5 Å². The van der Waals surface area contributed by atoms with Gasteiger partial charge in [-0.1, -0.05) is 0 Å². The molecule has 0 aromatic carbocycles. The number of hydrogen-bond donors (Lipinski definition) is 2. The van der Waals surface area contributed by atoms with E-state index in [9.17, 15) is 9.59 Å². The molecule has 5 nitrogen and oxygen atoms in total. The Labute approximate surface area is 58.3 Å². The molecular weight excluding hydrogens is 136 g/mol. The molecule has 1 unspecified atom stereocenters. The van der Waals surface area contributed by atoms with Crippen LogP contribution < -0.4 is 11.5 Å². The molecule has 0 saturated carbocycles. The highest BCUT2D eigenvalue weighted by atomic mass is 16.5. The third-order valence-corrected chi connectivity index (χ3v) is 0.847. The molecule has 0 aromatic rings. The first-order valence-electron chi connectivity index (χ1n) is 2.81. The lowest BCUT2D eigenvalue weighted by molar-refractivity contribution is -0.147. The first kappa shape index (κ1) is 8.90. The molecule has 4 N–H and O–H groups in total. The molecule has 0 fully saturated rings. The molecule has 5 heteroatoms. The molecule has 0 saturated heterocycles. The third kappa shape index (κ3) is 2.45. The van der Waals surface area contributed by atoms with E-state index in [1.165, 1.54) is 0 Å². The van der Waals surface area contributed by atoms with Gasteiger partial charge in [0.1, 0.15) is 0 Å². The van der Waals surface area contributed by atoms with Gasteiger partial charge < -0.3 is 16.2 Å². The van der Waals surface area contributed by atoms with Gasteiger partial charge in [0, 0.05) is 0 Å². The van der Waals surface area contributed by atoms with Gasteiger partial charge >= 0.3 is 5.97 Å². The monoisotopic (exact) mass is 146 g/mol. The van der Waals surface area contributed by atoms with Crippen LogP contribution in [0.5, 0.6) is 0 Å². The van der Waals surface area contributed by atoms with Gasteiger partial charge in [-0.15, -0.1) is 0 Å². The SMILES string of the molecule is CCOC(=O)C(N)C(N)=O. The Morgan fingerprint density at radius 3 is 2.40 bits per heavy atom. The van der Waals surface area contributed by atoms with Crippen LogP contribution in [0.3, 0.4) is 0 Å². The van der Waals surface area contributed by atoms with Gasteiger partial charge in [0.05, 0.1) is 6.61 Å². The number of hydrogen-bond acceptors (Lipinski definition) is 4. The van der Waals surface area contributed by atoms with Gasteiger partial charge in [-0.25, -0.2) is 4.79 Å². The maximum atomic E-state index is 10.5. The Hall–Kier alpha value is -1.10. The predicted molar refractivity (Wildman–Crippen MR) is 33.8 cm³/mol. The lowest BCUT2D eigenvalue weighted by Crippen LogP contribution is -2.44. The average Bonchev–Trinajstić information content (AvgIpc) is 1.87. The molecular formula is C5H10N2O3. The van der Waals surface area contributed by atoms with Gasteiger partial charge in [0.25, 0.3) is 0 Å². The molecule has 1 amide bonds. The van der Waals surface area contributed by atoms with E-state index in [1.54, 1.807) is 6.92 Å². The van der Waals surface area contributed by atoms with Gasteiger partial charge in [0.2, 0.25) is 5.91 Å². The van der Waals surface area contributed by atoms with Crippen molar-refractivity contribution >= 4 is 11.9 Å². The Morgan fingerprint density at radius 1 is 1.60 bits per heavy atom. The summed E-state index contributed by atoms with van der Waals surface area (Å²) in [5, 5.41) is 0. The Bertz CT molecular complexity index is 146. The summed E-state index contributed by atoms with van der Waals surface area (Å²) >= 11 is 0. The summed E-state index contributed by atoms with van der Waals surface area (Å²) in [6.07, 6.45) is 0. The predicted octanol–water partition coefficient (Wildman–Crippen LogP) is -1.64. The molecule has 0 bridgehead atoms. The minimum atomic E-state index is -1.33. The summed E-state index contributed by atoms with van der Waals surface area (Å²) in [5.74, 6) is -1.66. The summed E-state index contributed by atoms with van der Waals surface area (Å²) in [5.41, 5.74) is 9.70.